The van der Waals surface area contributed by atoms with E-state index in [0.717, 1.165) is 19.6 Å². The van der Waals surface area contributed by atoms with Gasteiger partial charge in [0.25, 0.3) is 0 Å². The van der Waals surface area contributed by atoms with E-state index in [-0.39, 0.29) is 0 Å². The largest absolute Gasteiger partial charge is 0.478 e. The summed E-state index contributed by atoms with van der Waals surface area (Å²) in [7, 11) is 0. The predicted octanol–water partition coefficient (Wildman–Crippen LogP) is 2.25. The molecule has 1 N–H and O–H groups in total. The summed E-state index contributed by atoms with van der Waals surface area (Å²) in [5.74, 6) is 1.24. The molecule has 1 aliphatic heterocycles. The van der Waals surface area contributed by atoms with E-state index in [1.807, 2.05) is 6.92 Å². The molecule has 0 saturated carbocycles. The molecule has 1 saturated heterocycles. The van der Waals surface area contributed by atoms with Crippen molar-refractivity contribution in [1.82, 2.24) is 9.97 Å². The number of nitrogens with one attached hydrogen (secondary N) is 1. The van der Waals surface area contributed by atoms with Crippen LogP contribution in [0.4, 0.5) is 5.95 Å². The summed E-state index contributed by atoms with van der Waals surface area (Å²) in [5, 5.41) is 3.21. The molecule has 0 bridgehead atoms. The van der Waals surface area contributed by atoms with Crippen LogP contribution < -0.4 is 10.1 Å². The summed E-state index contributed by atoms with van der Waals surface area (Å²) in [6.07, 6.45) is 6.74. The molecular weight excluding hydrogens is 230 g/mol. The van der Waals surface area contributed by atoms with Gasteiger partial charge in [-0.3, -0.25) is 0 Å². The monoisotopic (exact) mass is 251 g/mol. The van der Waals surface area contributed by atoms with Crippen LogP contribution in [-0.4, -0.2) is 35.8 Å². The summed E-state index contributed by atoms with van der Waals surface area (Å²) in [6, 6.07) is 1.76. The minimum Gasteiger partial charge on any atom is -0.478 e. The van der Waals surface area contributed by atoms with Gasteiger partial charge in [-0.05, 0) is 32.6 Å². The van der Waals surface area contributed by atoms with Crippen molar-refractivity contribution in [3.05, 3.63) is 12.3 Å². The number of aromatic nitrogens is 2. The molecule has 1 atom stereocenters. The summed E-state index contributed by atoms with van der Waals surface area (Å²) >= 11 is 0. The average Bonchev–Trinajstić information content (AvgIpc) is 2.41. The molecule has 1 aromatic rings. The molecule has 1 fully saturated rings. The summed E-state index contributed by atoms with van der Waals surface area (Å²) in [6.45, 7) is 4.29. The Morgan fingerprint density at radius 2 is 2.44 bits per heavy atom. The molecule has 0 aliphatic carbocycles. The van der Waals surface area contributed by atoms with Crippen LogP contribution in [0.2, 0.25) is 0 Å². The fourth-order valence-corrected chi connectivity index (χ4v) is 2.04. The first-order valence-corrected chi connectivity index (χ1v) is 6.70. The average molecular weight is 251 g/mol. The lowest BCUT2D eigenvalue weighted by Crippen LogP contribution is -2.22. The van der Waals surface area contributed by atoms with Crippen LogP contribution in [0.1, 0.15) is 32.6 Å². The highest BCUT2D eigenvalue weighted by atomic mass is 16.5. The van der Waals surface area contributed by atoms with Gasteiger partial charge >= 0.3 is 0 Å². The normalized spacial score (nSPS) is 19.5. The lowest BCUT2D eigenvalue weighted by molar-refractivity contribution is 0.0134. The van der Waals surface area contributed by atoms with E-state index in [4.69, 9.17) is 9.47 Å². The van der Waals surface area contributed by atoms with Gasteiger partial charge in [0.2, 0.25) is 11.8 Å². The summed E-state index contributed by atoms with van der Waals surface area (Å²) in [5.41, 5.74) is 0. The minimum absolute atomic E-state index is 0.390. The number of rotatable bonds is 6. The Morgan fingerprint density at radius 1 is 1.50 bits per heavy atom. The number of anilines is 1. The van der Waals surface area contributed by atoms with Gasteiger partial charge in [0, 0.05) is 25.4 Å². The van der Waals surface area contributed by atoms with Crippen LogP contribution in [0.15, 0.2) is 12.3 Å². The third kappa shape index (κ3) is 4.14. The van der Waals surface area contributed by atoms with Crippen molar-refractivity contribution in [2.24, 2.45) is 0 Å². The van der Waals surface area contributed by atoms with Gasteiger partial charge in [0.1, 0.15) is 0 Å². The van der Waals surface area contributed by atoms with Gasteiger partial charge < -0.3 is 14.8 Å². The molecule has 0 spiro atoms. The van der Waals surface area contributed by atoms with Gasteiger partial charge in [0.05, 0.1) is 12.7 Å². The van der Waals surface area contributed by atoms with Crippen LogP contribution in [0.3, 0.4) is 0 Å². The molecule has 1 aromatic heterocycles. The van der Waals surface area contributed by atoms with Crippen LogP contribution >= 0.6 is 0 Å². The molecule has 2 heterocycles. The maximum atomic E-state index is 5.67. The van der Waals surface area contributed by atoms with E-state index in [0.29, 0.717) is 24.5 Å². The van der Waals surface area contributed by atoms with E-state index in [9.17, 15) is 0 Å². The van der Waals surface area contributed by atoms with E-state index in [2.05, 4.69) is 15.3 Å². The Bertz CT molecular complexity index is 354. The van der Waals surface area contributed by atoms with Crippen molar-refractivity contribution in [2.75, 3.05) is 25.1 Å². The van der Waals surface area contributed by atoms with Crippen molar-refractivity contribution < 1.29 is 9.47 Å². The molecular formula is C13H21N3O2. The van der Waals surface area contributed by atoms with Crippen LogP contribution in [0.5, 0.6) is 5.88 Å². The first-order chi connectivity index (χ1) is 8.88. The van der Waals surface area contributed by atoms with Crippen molar-refractivity contribution >= 4 is 5.95 Å². The smallest absolute Gasteiger partial charge is 0.225 e. The van der Waals surface area contributed by atoms with Gasteiger partial charge in [-0.1, -0.05) is 0 Å². The standard InChI is InChI=1S/C13H21N3O2/c1-2-17-12-7-9-15-13(16-12)14-8-6-11-5-3-4-10-18-11/h7,9,11H,2-6,8,10H2,1H3,(H,14,15,16). The third-order valence-electron chi connectivity index (χ3n) is 2.95. The Morgan fingerprint density at radius 3 is 3.22 bits per heavy atom. The van der Waals surface area contributed by atoms with E-state index in [1.54, 1.807) is 12.3 Å². The molecule has 0 amide bonds. The van der Waals surface area contributed by atoms with Gasteiger partial charge in [-0.25, -0.2) is 4.98 Å². The van der Waals surface area contributed by atoms with Crippen LogP contribution in [0, 0.1) is 0 Å². The number of hydrogen-bond donors (Lipinski definition) is 1. The number of nitrogens with zero attached hydrogens (tertiary/aromatic N) is 2. The zero-order valence-corrected chi connectivity index (χ0v) is 10.9. The lowest BCUT2D eigenvalue weighted by atomic mass is 10.1. The fourth-order valence-electron chi connectivity index (χ4n) is 2.04. The Hall–Kier alpha value is -1.36. The maximum absolute atomic E-state index is 5.67. The SMILES string of the molecule is CCOc1ccnc(NCCC2CCCCO2)n1. The van der Waals surface area contributed by atoms with Gasteiger partial charge in [0.15, 0.2) is 0 Å². The Labute approximate surface area is 108 Å². The Kier molecular flexibility index (Phi) is 5.20. The van der Waals surface area contributed by atoms with Crippen LogP contribution in [0.25, 0.3) is 0 Å². The lowest BCUT2D eigenvalue weighted by Gasteiger charge is -2.22. The zero-order valence-electron chi connectivity index (χ0n) is 10.9. The van der Waals surface area contributed by atoms with Crippen molar-refractivity contribution in [3.8, 4) is 5.88 Å². The maximum Gasteiger partial charge on any atom is 0.225 e. The second-order valence-electron chi connectivity index (χ2n) is 4.36. The highest BCUT2D eigenvalue weighted by molar-refractivity contribution is 5.27. The number of hydrogen-bond acceptors (Lipinski definition) is 5. The van der Waals surface area contributed by atoms with Gasteiger partial charge in [-0.2, -0.15) is 4.98 Å². The molecule has 2 rings (SSSR count). The molecule has 18 heavy (non-hydrogen) atoms. The third-order valence-corrected chi connectivity index (χ3v) is 2.95. The van der Waals surface area contributed by atoms with Crippen LogP contribution in [-0.2, 0) is 4.74 Å². The molecule has 5 nitrogen and oxygen atoms in total. The van der Waals surface area contributed by atoms with Crippen molar-refractivity contribution in [3.63, 3.8) is 0 Å². The van der Waals surface area contributed by atoms with Crippen molar-refractivity contribution in [2.45, 2.75) is 38.7 Å². The molecule has 1 aliphatic rings. The van der Waals surface area contributed by atoms with E-state index in [1.165, 1.54) is 19.3 Å². The highest BCUT2D eigenvalue weighted by Crippen LogP contribution is 2.15. The van der Waals surface area contributed by atoms with Crippen molar-refractivity contribution in [1.29, 1.82) is 0 Å². The van der Waals surface area contributed by atoms with E-state index >= 15 is 0 Å². The summed E-state index contributed by atoms with van der Waals surface area (Å²) < 4.78 is 11.0. The molecule has 0 radical (unpaired) electrons. The Balaban J connectivity index is 1.73. The zero-order chi connectivity index (χ0) is 12.6. The molecule has 100 valence electrons. The quantitative estimate of drug-likeness (QED) is 0.840. The second kappa shape index (κ2) is 7.16. The first kappa shape index (κ1) is 13.1. The summed E-state index contributed by atoms with van der Waals surface area (Å²) in [4.78, 5) is 8.42. The second-order valence-corrected chi connectivity index (χ2v) is 4.36. The highest BCUT2D eigenvalue weighted by Gasteiger charge is 2.13. The topological polar surface area (TPSA) is 56.3 Å². The number of ether oxygens (including phenoxy) is 2. The molecule has 5 heteroatoms. The fraction of sp³-hybridized carbons (Fsp3) is 0.692. The van der Waals surface area contributed by atoms with E-state index < -0.39 is 0 Å². The van der Waals surface area contributed by atoms with Gasteiger partial charge in [-0.15, -0.1) is 0 Å². The first-order valence-electron chi connectivity index (χ1n) is 6.70. The predicted molar refractivity (Wildman–Crippen MR) is 69.9 cm³/mol. The molecule has 1 unspecified atom stereocenters. The molecule has 0 aromatic carbocycles. The minimum atomic E-state index is 0.390.